The molecular weight excluding hydrogens is 1100 g/mol. The van der Waals surface area contributed by atoms with Crippen LogP contribution in [0, 0.1) is 29.6 Å². The number of methoxy groups -OCH3 is 1. The summed E-state index contributed by atoms with van der Waals surface area (Å²) in [4.78, 5) is 12.0. The van der Waals surface area contributed by atoms with E-state index in [4.69, 9.17) is 4.74 Å². The van der Waals surface area contributed by atoms with Gasteiger partial charge in [-0.1, -0.05) is 458 Å². The van der Waals surface area contributed by atoms with Gasteiger partial charge < -0.3 is 14.9 Å². The molecule has 1 saturated carbocycles. The molecule has 0 spiro atoms. The van der Waals surface area contributed by atoms with Crippen LogP contribution in [0.1, 0.15) is 496 Å². The average molecular weight is 1270 g/mol. The molecule has 0 aromatic rings. The van der Waals surface area contributed by atoms with E-state index in [2.05, 4.69) is 27.7 Å². The molecule has 1 aliphatic rings. The number of ether oxygens (including phenoxy) is 1. The summed E-state index contributed by atoms with van der Waals surface area (Å²) in [6, 6.07) is 0. The first kappa shape index (κ1) is 87.4. The zero-order valence-electron chi connectivity index (χ0n) is 62.9. The average Bonchev–Trinajstić information content (AvgIpc) is 3.51. The first-order valence-electron chi connectivity index (χ1n) is 42.8. The molecule has 1 fully saturated rings. The maximum atomic E-state index is 12.0. The van der Waals surface area contributed by atoms with E-state index in [0.717, 1.165) is 43.4 Å². The highest BCUT2D eigenvalue weighted by Crippen LogP contribution is 2.46. The van der Waals surface area contributed by atoms with Gasteiger partial charge in [0, 0.05) is 7.11 Å². The number of unbranched alkanes of at least 4 members (excludes halogenated alkanes) is 60. The summed E-state index contributed by atoms with van der Waals surface area (Å²) in [5.41, 5.74) is 0. The van der Waals surface area contributed by atoms with Crippen molar-refractivity contribution < 1.29 is 19.7 Å². The number of carboxylic acid groups (broad SMARTS) is 1. The number of hydrogen-bond acceptors (Lipinski definition) is 3. The number of hydrogen-bond donors (Lipinski definition) is 2. The third kappa shape index (κ3) is 62.2. The second kappa shape index (κ2) is 71.2. The lowest BCUT2D eigenvalue weighted by Crippen LogP contribution is -2.28. The molecule has 0 saturated heterocycles. The Balaban J connectivity index is 1.78. The Morgan fingerprint density at radius 2 is 0.544 bits per heavy atom. The number of aliphatic hydroxyl groups is 1. The van der Waals surface area contributed by atoms with Gasteiger partial charge in [0.15, 0.2) is 0 Å². The largest absolute Gasteiger partial charge is 0.481 e. The Morgan fingerprint density at radius 1 is 0.311 bits per heavy atom. The highest BCUT2D eigenvalue weighted by atomic mass is 16.5. The number of aliphatic carboxylic acids is 1. The van der Waals surface area contributed by atoms with Crippen LogP contribution in [0.4, 0.5) is 0 Å². The lowest BCUT2D eigenvalue weighted by Gasteiger charge is -2.24. The molecule has 4 nitrogen and oxygen atoms in total. The van der Waals surface area contributed by atoms with E-state index < -0.39 is 18.0 Å². The van der Waals surface area contributed by atoms with Crippen molar-refractivity contribution in [1.82, 2.24) is 0 Å². The molecule has 4 heteroatoms. The Hall–Kier alpha value is -0.610. The van der Waals surface area contributed by atoms with Crippen LogP contribution in [-0.2, 0) is 9.53 Å². The van der Waals surface area contributed by atoms with Gasteiger partial charge in [0.05, 0.1) is 18.1 Å². The molecule has 0 radical (unpaired) electrons. The van der Waals surface area contributed by atoms with Crippen molar-refractivity contribution in [2.45, 2.75) is 509 Å². The van der Waals surface area contributed by atoms with Crippen LogP contribution < -0.4 is 0 Å². The van der Waals surface area contributed by atoms with Crippen molar-refractivity contribution in [2.75, 3.05) is 7.11 Å². The SMILES string of the molecule is CCCCCCCCCCCCCCCCCCCCCC[C@@H](C(=O)O)[C@H](O)CCCCCCCCCCCCCCCCCCC1CC1CCCCCCCCCCCCCCC(C)CC[C@H](OC)[C@@H](C)CCCCCCCCCCCCCCCCCC. The fraction of sp³-hybridized carbons (Fsp3) is 0.988. The summed E-state index contributed by atoms with van der Waals surface area (Å²) in [5, 5.41) is 20.6. The fourth-order valence-electron chi connectivity index (χ4n) is 15.6. The predicted molar refractivity (Wildman–Crippen MR) is 402 cm³/mol. The normalized spacial score (nSPS) is 15.8. The predicted octanol–water partition coefficient (Wildman–Crippen LogP) is 30.1. The molecule has 538 valence electrons. The van der Waals surface area contributed by atoms with Crippen LogP contribution in [0.25, 0.3) is 0 Å². The van der Waals surface area contributed by atoms with Gasteiger partial charge in [-0.25, -0.2) is 0 Å². The summed E-state index contributed by atoms with van der Waals surface area (Å²) in [5.74, 6) is 2.34. The quantitative estimate of drug-likeness (QED) is 0.0596. The third-order valence-corrected chi connectivity index (χ3v) is 22.5. The van der Waals surface area contributed by atoms with E-state index in [1.165, 1.54) is 424 Å². The fourth-order valence-corrected chi connectivity index (χ4v) is 15.6. The summed E-state index contributed by atoms with van der Waals surface area (Å²) in [6.45, 7) is 9.56. The number of rotatable bonds is 79. The monoisotopic (exact) mass is 1270 g/mol. The van der Waals surface area contributed by atoms with Crippen LogP contribution in [0.3, 0.4) is 0 Å². The Bertz CT molecular complexity index is 1360. The minimum absolute atomic E-state index is 0.455. The maximum absolute atomic E-state index is 12.0. The van der Waals surface area contributed by atoms with Crippen LogP contribution in [0.5, 0.6) is 0 Å². The van der Waals surface area contributed by atoms with Gasteiger partial charge in [-0.3, -0.25) is 4.79 Å². The maximum Gasteiger partial charge on any atom is 0.309 e. The molecule has 1 rings (SSSR count). The van der Waals surface area contributed by atoms with Crippen LogP contribution in [0.2, 0.25) is 0 Å². The molecular formula is C86H170O4. The van der Waals surface area contributed by atoms with E-state index >= 15 is 0 Å². The van der Waals surface area contributed by atoms with Crippen molar-refractivity contribution in [3.8, 4) is 0 Å². The van der Waals surface area contributed by atoms with Gasteiger partial charge in [-0.05, 0) is 62.2 Å². The van der Waals surface area contributed by atoms with E-state index in [1.807, 2.05) is 7.11 Å². The molecule has 0 heterocycles. The summed E-state index contributed by atoms with van der Waals surface area (Å²) >= 11 is 0. The van der Waals surface area contributed by atoms with Crippen LogP contribution in [0.15, 0.2) is 0 Å². The zero-order chi connectivity index (χ0) is 64.9. The highest BCUT2D eigenvalue weighted by Gasteiger charge is 2.35. The number of carboxylic acids is 1. The molecule has 0 bridgehead atoms. The Morgan fingerprint density at radius 3 is 0.811 bits per heavy atom. The second-order valence-electron chi connectivity index (χ2n) is 31.4. The van der Waals surface area contributed by atoms with Gasteiger partial charge in [-0.2, -0.15) is 0 Å². The highest BCUT2D eigenvalue weighted by molar-refractivity contribution is 5.70. The molecule has 0 aromatic carbocycles. The van der Waals surface area contributed by atoms with E-state index in [-0.39, 0.29) is 0 Å². The van der Waals surface area contributed by atoms with E-state index in [0.29, 0.717) is 24.9 Å². The first-order valence-corrected chi connectivity index (χ1v) is 42.8. The van der Waals surface area contributed by atoms with Crippen LogP contribution in [-0.4, -0.2) is 35.5 Å². The molecule has 0 amide bonds. The van der Waals surface area contributed by atoms with E-state index in [9.17, 15) is 15.0 Å². The molecule has 3 unspecified atom stereocenters. The Kier molecular flexibility index (Phi) is 69.1. The minimum Gasteiger partial charge on any atom is -0.481 e. The van der Waals surface area contributed by atoms with Crippen molar-refractivity contribution in [3.63, 3.8) is 0 Å². The van der Waals surface area contributed by atoms with Crippen molar-refractivity contribution in [2.24, 2.45) is 29.6 Å². The van der Waals surface area contributed by atoms with Crippen molar-refractivity contribution in [3.05, 3.63) is 0 Å². The lowest BCUT2D eigenvalue weighted by molar-refractivity contribution is -0.146. The smallest absolute Gasteiger partial charge is 0.309 e. The molecule has 7 atom stereocenters. The number of aliphatic hydroxyl groups excluding tert-OH is 1. The summed E-state index contributed by atoms with van der Waals surface area (Å²) in [6.07, 6.45) is 101. The Labute approximate surface area is 568 Å². The van der Waals surface area contributed by atoms with Gasteiger partial charge in [-0.15, -0.1) is 0 Å². The van der Waals surface area contributed by atoms with Crippen molar-refractivity contribution >= 4 is 5.97 Å². The van der Waals surface area contributed by atoms with Gasteiger partial charge in [0.1, 0.15) is 0 Å². The topological polar surface area (TPSA) is 66.8 Å². The summed E-state index contributed by atoms with van der Waals surface area (Å²) < 4.78 is 6.03. The second-order valence-corrected chi connectivity index (χ2v) is 31.4. The summed E-state index contributed by atoms with van der Waals surface area (Å²) in [7, 11) is 1.96. The minimum atomic E-state index is -0.798. The molecule has 2 N–H and O–H groups in total. The van der Waals surface area contributed by atoms with E-state index in [1.54, 1.807) is 6.42 Å². The zero-order valence-corrected chi connectivity index (χ0v) is 62.9. The molecule has 1 aliphatic carbocycles. The first-order chi connectivity index (χ1) is 44.3. The van der Waals surface area contributed by atoms with Gasteiger partial charge >= 0.3 is 5.97 Å². The van der Waals surface area contributed by atoms with Crippen LogP contribution >= 0.6 is 0 Å². The van der Waals surface area contributed by atoms with Gasteiger partial charge in [0.2, 0.25) is 0 Å². The molecule has 90 heavy (non-hydrogen) atoms. The van der Waals surface area contributed by atoms with Crippen molar-refractivity contribution in [1.29, 1.82) is 0 Å². The third-order valence-electron chi connectivity index (χ3n) is 22.5. The standard InChI is InChI=1S/C86H170O4/c1-6-8-10-12-14-16-18-20-22-24-25-26-27-32-36-44-50-56-62-68-74-83(86(88)89)84(87)75-69-63-57-51-45-37-33-29-28-31-35-42-48-54-60-66-72-81-78-82(81)73-67-61-55-49-43-39-38-40-46-52-58-64-70-79(3)76-77-85(90-5)80(4)71-65-59-53-47-41-34-30-23-21-19-17-15-13-11-9-7-2/h79-85,87H,6-78H2,1-5H3,(H,88,89)/t79?,80-,81?,82?,83+,84+,85-/m0/s1. The number of carbonyl (C=O) groups is 1. The molecule has 0 aliphatic heterocycles. The lowest BCUT2D eigenvalue weighted by atomic mass is 9.90. The molecule has 0 aromatic heterocycles. The van der Waals surface area contributed by atoms with Gasteiger partial charge in [0.25, 0.3) is 0 Å².